The molecule has 4 rings (SSSR count). The number of aliphatic hydroxyl groups excluding tert-OH is 2. The average Bonchev–Trinajstić information content (AvgIpc) is 3.35. The highest BCUT2D eigenvalue weighted by atomic mass is 16.3. The van der Waals surface area contributed by atoms with Gasteiger partial charge in [0, 0.05) is 17.5 Å². The Morgan fingerprint density at radius 1 is 1.36 bits per heavy atom. The molecule has 0 aliphatic heterocycles. The number of amides is 1. The van der Waals surface area contributed by atoms with Crippen LogP contribution < -0.4 is 10.9 Å². The Morgan fingerprint density at radius 3 is 2.82 bits per heavy atom. The highest BCUT2D eigenvalue weighted by molar-refractivity contribution is 6.07. The van der Waals surface area contributed by atoms with Gasteiger partial charge in [0.2, 0.25) is 0 Å². The Hall–Kier alpha value is -2.71. The van der Waals surface area contributed by atoms with Crippen LogP contribution in [0.4, 0.5) is 0 Å². The normalized spacial score (nSPS) is 16.1. The minimum Gasteiger partial charge on any atom is -0.394 e. The van der Waals surface area contributed by atoms with Crippen molar-refractivity contribution >= 4 is 27.7 Å². The molecule has 4 N–H and O–H groups in total. The number of nitrogens with zero attached hydrogens (tertiary/aromatic N) is 2. The molecule has 1 aliphatic rings. The first-order chi connectivity index (χ1) is 13.5. The maximum atomic E-state index is 12.6. The predicted molar refractivity (Wildman–Crippen MR) is 106 cm³/mol. The van der Waals surface area contributed by atoms with Crippen LogP contribution in [0.15, 0.2) is 23.1 Å². The fourth-order valence-electron chi connectivity index (χ4n) is 4.03. The van der Waals surface area contributed by atoms with Crippen molar-refractivity contribution in [2.24, 2.45) is 0 Å². The van der Waals surface area contributed by atoms with Gasteiger partial charge in [-0.3, -0.25) is 14.3 Å². The van der Waals surface area contributed by atoms with Crippen molar-refractivity contribution in [1.29, 1.82) is 0 Å². The highest BCUT2D eigenvalue weighted by Crippen LogP contribution is 2.33. The number of hydrogen-bond acceptors (Lipinski definition) is 5. The van der Waals surface area contributed by atoms with Crippen molar-refractivity contribution in [3.63, 3.8) is 0 Å². The molecule has 2 aromatic heterocycles. The van der Waals surface area contributed by atoms with Crippen LogP contribution in [0.5, 0.6) is 0 Å². The second-order valence-electron chi connectivity index (χ2n) is 7.50. The van der Waals surface area contributed by atoms with Gasteiger partial charge in [0.25, 0.3) is 11.5 Å². The zero-order valence-corrected chi connectivity index (χ0v) is 15.7. The number of aryl methyl sites for hydroxylation is 1. The van der Waals surface area contributed by atoms with Crippen molar-refractivity contribution in [3.05, 3.63) is 39.8 Å². The van der Waals surface area contributed by atoms with E-state index < -0.39 is 12.7 Å². The van der Waals surface area contributed by atoms with Crippen molar-refractivity contribution in [2.45, 2.75) is 44.8 Å². The number of benzene rings is 1. The van der Waals surface area contributed by atoms with E-state index in [1.807, 2.05) is 4.68 Å². The van der Waals surface area contributed by atoms with Crippen LogP contribution in [0.2, 0.25) is 0 Å². The second-order valence-corrected chi connectivity index (χ2v) is 7.50. The Labute approximate surface area is 161 Å². The summed E-state index contributed by atoms with van der Waals surface area (Å²) >= 11 is 0. The van der Waals surface area contributed by atoms with Crippen LogP contribution in [0, 0.1) is 6.92 Å². The van der Waals surface area contributed by atoms with E-state index in [1.54, 1.807) is 25.3 Å². The fraction of sp³-hybridized carbons (Fsp3) is 0.450. The van der Waals surface area contributed by atoms with E-state index in [0.717, 1.165) is 36.6 Å². The van der Waals surface area contributed by atoms with E-state index in [-0.39, 0.29) is 24.1 Å². The maximum Gasteiger partial charge on any atom is 0.259 e. The molecule has 0 bridgehead atoms. The summed E-state index contributed by atoms with van der Waals surface area (Å²) in [6.45, 7) is 1.35. The lowest BCUT2D eigenvalue weighted by Gasteiger charge is -2.15. The summed E-state index contributed by atoms with van der Waals surface area (Å²) in [5, 5.41) is 26.8. The molecule has 3 aromatic rings. The van der Waals surface area contributed by atoms with E-state index >= 15 is 0 Å². The molecule has 1 fully saturated rings. The van der Waals surface area contributed by atoms with Gasteiger partial charge in [-0.15, -0.1) is 0 Å². The lowest BCUT2D eigenvalue weighted by molar-refractivity contribution is 0.0801. The van der Waals surface area contributed by atoms with Crippen LogP contribution in [-0.2, 0) is 0 Å². The predicted octanol–water partition coefficient (Wildman–Crippen LogP) is 1.38. The molecule has 1 unspecified atom stereocenters. The van der Waals surface area contributed by atoms with Gasteiger partial charge in [-0.25, -0.2) is 0 Å². The van der Waals surface area contributed by atoms with Gasteiger partial charge in [0.1, 0.15) is 0 Å². The smallest absolute Gasteiger partial charge is 0.259 e. The molecule has 8 heteroatoms. The molecule has 2 heterocycles. The molecule has 8 nitrogen and oxygen atoms in total. The molecular formula is C20H24N4O4. The topological polar surface area (TPSA) is 120 Å². The van der Waals surface area contributed by atoms with E-state index in [4.69, 9.17) is 5.11 Å². The van der Waals surface area contributed by atoms with Crippen LogP contribution >= 0.6 is 0 Å². The van der Waals surface area contributed by atoms with E-state index in [2.05, 4.69) is 15.4 Å². The molecular weight excluding hydrogens is 360 g/mol. The lowest BCUT2D eigenvalue weighted by atomic mass is 10.0. The maximum absolute atomic E-state index is 12.6. The zero-order chi connectivity index (χ0) is 19.8. The van der Waals surface area contributed by atoms with E-state index in [1.165, 1.54) is 0 Å². The third kappa shape index (κ3) is 3.18. The molecule has 1 aliphatic carbocycles. The zero-order valence-electron chi connectivity index (χ0n) is 15.7. The number of carbonyl (C=O) groups excluding carboxylic acids is 1. The summed E-state index contributed by atoms with van der Waals surface area (Å²) in [4.78, 5) is 28.0. The van der Waals surface area contributed by atoms with Crippen molar-refractivity contribution < 1.29 is 15.0 Å². The number of aromatic nitrogens is 3. The number of H-pyrrole nitrogens is 1. The van der Waals surface area contributed by atoms with E-state index in [9.17, 15) is 14.7 Å². The molecule has 28 heavy (non-hydrogen) atoms. The largest absolute Gasteiger partial charge is 0.394 e. The first-order valence-corrected chi connectivity index (χ1v) is 9.60. The number of rotatable bonds is 5. The van der Waals surface area contributed by atoms with Gasteiger partial charge in [-0.1, -0.05) is 12.8 Å². The number of aliphatic hydroxyl groups is 2. The summed E-state index contributed by atoms with van der Waals surface area (Å²) < 4.78 is 1.94. The van der Waals surface area contributed by atoms with E-state index in [0.29, 0.717) is 22.0 Å². The molecule has 0 spiro atoms. The van der Waals surface area contributed by atoms with Crippen molar-refractivity contribution in [2.75, 3.05) is 13.2 Å². The SMILES string of the molecule is Cc1cc2[nH]c(=O)c3cnn(C4CCCC4)c3c2cc1C(=O)NCC(O)CO. The van der Waals surface area contributed by atoms with Gasteiger partial charge in [-0.2, -0.15) is 5.10 Å². The summed E-state index contributed by atoms with van der Waals surface area (Å²) in [6.07, 6.45) is 4.95. The van der Waals surface area contributed by atoms with Crippen molar-refractivity contribution in [3.8, 4) is 0 Å². The number of fused-ring (bicyclic) bond motifs is 3. The summed E-state index contributed by atoms with van der Waals surface area (Å²) in [6, 6.07) is 3.83. The molecule has 0 saturated heterocycles. The summed E-state index contributed by atoms with van der Waals surface area (Å²) in [5.74, 6) is -0.335. The van der Waals surface area contributed by atoms with Crippen LogP contribution in [0.1, 0.15) is 47.6 Å². The van der Waals surface area contributed by atoms with Gasteiger partial charge >= 0.3 is 0 Å². The molecule has 148 valence electrons. The average molecular weight is 384 g/mol. The van der Waals surface area contributed by atoms with Crippen LogP contribution in [-0.4, -0.2) is 50.1 Å². The summed E-state index contributed by atoms with van der Waals surface area (Å²) in [7, 11) is 0. The third-order valence-electron chi connectivity index (χ3n) is 5.53. The third-order valence-corrected chi connectivity index (χ3v) is 5.53. The minimum atomic E-state index is -1.00. The Morgan fingerprint density at radius 2 is 2.11 bits per heavy atom. The quantitative estimate of drug-likeness (QED) is 0.530. The number of carbonyl (C=O) groups is 1. The van der Waals surface area contributed by atoms with Gasteiger partial charge < -0.3 is 20.5 Å². The number of aromatic amines is 1. The fourth-order valence-corrected chi connectivity index (χ4v) is 4.03. The molecule has 0 radical (unpaired) electrons. The Balaban J connectivity index is 1.85. The Kier molecular flexibility index (Phi) is 4.91. The monoisotopic (exact) mass is 384 g/mol. The summed E-state index contributed by atoms with van der Waals surface area (Å²) in [5.41, 5.74) is 2.42. The first-order valence-electron chi connectivity index (χ1n) is 9.60. The molecule has 1 aromatic carbocycles. The molecule has 1 atom stereocenters. The minimum absolute atomic E-state index is 0.0339. The van der Waals surface area contributed by atoms with Crippen LogP contribution in [0.25, 0.3) is 21.8 Å². The van der Waals surface area contributed by atoms with Gasteiger partial charge in [-0.05, 0) is 37.5 Å². The number of hydrogen-bond donors (Lipinski definition) is 4. The first kappa shape index (κ1) is 18.6. The van der Waals surface area contributed by atoms with Crippen molar-refractivity contribution in [1.82, 2.24) is 20.1 Å². The molecule has 1 saturated carbocycles. The number of pyridine rings is 1. The molecule has 1 amide bonds. The Bertz CT molecular complexity index is 1090. The van der Waals surface area contributed by atoms with Crippen LogP contribution in [0.3, 0.4) is 0 Å². The highest BCUT2D eigenvalue weighted by Gasteiger charge is 2.22. The second kappa shape index (κ2) is 7.37. The number of nitrogens with one attached hydrogen (secondary N) is 2. The van der Waals surface area contributed by atoms with Gasteiger partial charge in [0.15, 0.2) is 0 Å². The lowest BCUT2D eigenvalue weighted by Crippen LogP contribution is -2.34. The standard InChI is InChI=1S/C20H24N4O4/c1-11-6-17-15(7-14(11)19(27)21-8-13(26)10-25)18-16(20(28)23-17)9-22-24(18)12-4-2-3-5-12/h6-7,9,12-13,25-26H,2-5,8,10H2,1H3,(H,21,27)(H,23,28). The van der Waals surface area contributed by atoms with Gasteiger partial charge in [0.05, 0.1) is 41.4 Å².